The first-order valence-electron chi connectivity index (χ1n) is 22.8. The van der Waals surface area contributed by atoms with Crippen molar-refractivity contribution < 1.29 is 0 Å². The van der Waals surface area contributed by atoms with Crippen LogP contribution in [-0.4, -0.2) is 19.1 Å². The summed E-state index contributed by atoms with van der Waals surface area (Å²) in [5.41, 5.74) is 12.6. The Labute approximate surface area is 387 Å². The van der Waals surface area contributed by atoms with E-state index in [-0.39, 0.29) is 0 Å². The summed E-state index contributed by atoms with van der Waals surface area (Å²) in [5, 5.41) is 14.7. The maximum Gasteiger partial charge on any atom is 0.0987 e. The molecule has 0 fully saturated rings. The van der Waals surface area contributed by atoms with Crippen LogP contribution in [0.4, 0.5) is 0 Å². The molecule has 4 aromatic heterocycles. The van der Waals surface area contributed by atoms with Gasteiger partial charge in [0.05, 0.1) is 50.2 Å². The third-order valence-electron chi connectivity index (χ3n) is 14.1. The topological polar surface area (TPSA) is 35.6 Å². The van der Waals surface area contributed by atoms with Crippen molar-refractivity contribution in [2.24, 2.45) is 0 Å². The van der Waals surface area contributed by atoms with E-state index in [0.717, 1.165) is 61.2 Å². The number of aromatic nitrogens is 4. The highest BCUT2D eigenvalue weighted by molar-refractivity contribution is 7.26. The zero-order valence-electron chi connectivity index (χ0n) is 36.0. The number of hydrogen-bond donors (Lipinski definition) is 0. The fraction of sp³-hybridized carbons (Fsp3) is 0. The molecule has 0 aliphatic carbocycles. The van der Waals surface area contributed by atoms with Crippen molar-refractivity contribution >= 4 is 118 Å². The Morgan fingerprint density at radius 3 is 1.81 bits per heavy atom. The van der Waals surface area contributed by atoms with Gasteiger partial charge in [-0.3, -0.25) is 0 Å². The van der Waals surface area contributed by atoms with Crippen molar-refractivity contribution in [2.45, 2.75) is 0 Å². The molecule has 0 saturated heterocycles. The van der Waals surface area contributed by atoms with E-state index in [1.165, 1.54) is 79.8 Å². The van der Waals surface area contributed by atoms with Crippen LogP contribution in [0.15, 0.2) is 218 Å². The lowest BCUT2D eigenvalue weighted by atomic mass is 9.96. The van der Waals surface area contributed by atoms with Gasteiger partial charge in [0.25, 0.3) is 0 Å². The molecule has 4 heterocycles. The number of hydrogen-bond acceptors (Lipinski definition) is 3. The van der Waals surface area contributed by atoms with E-state index in [9.17, 15) is 0 Å². The monoisotopic (exact) mass is 868 g/mol. The van der Waals surface area contributed by atoms with Crippen molar-refractivity contribution in [2.75, 3.05) is 0 Å². The van der Waals surface area contributed by atoms with Gasteiger partial charge in [-0.15, -0.1) is 11.3 Å². The van der Waals surface area contributed by atoms with Crippen LogP contribution in [0.1, 0.15) is 0 Å². The lowest BCUT2D eigenvalue weighted by Gasteiger charge is -2.16. The standard InChI is InChI=1S/C62H36N4S/c1-2-16-39-35-56-50(34-38(39)15-1)44-32-31-40(65-54-27-9-5-19-48(54)59-41-17-4-3-14-37(41)30-33-55(59)65)36-57(44)66(56)53-28-13-20-42-43(53)21-11-22-46(42)60-61(64-52-26-8-7-25-51(52)63-60)49-24-12-23-47-45-18-6-10-29-58(45)67-62(47)49/h1-36H. The summed E-state index contributed by atoms with van der Waals surface area (Å²) >= 11 is 1.83. The predicted octanol–water partition coefficient (Wildman–Crippen LogP) is 17.0. The molecule has 0 radical (unpaired) electrons. The first kappa shape index (κ1) is 36.7. The van der Waals surface area contributed by atoms with Crippen molar-refractivity contribution in [3.8, 4) is 33.9 Å². The average Bonchev–Trinajstić information content (AvgIpc) is 4.04. The van der Waals surface area contributed by atoms with Crippen LogP contribution in [0.3, 0.4) is 0 Å². The van der Waals surface area contributed by atoms with Crippen molar-refractivity contribution in [3.63, 3.8) is 0 Å². The predicted molar refractivity (Wildman–Crippen MR) is 284 cm³/mol. The third kappa shape index (κ3) is 5.29. The van der Waals surface area contributed by atoms with Gasteiger partial charge in [-0.1, -0.05) is 158 Å². The molecule has 67 heavy (non-hydrogen) atoms. The Kier molecular flexibility index (Phi) is 7.63. The molecule has 15 rings (SSSR count). The Balaban J connectivity index is 1.01. The molecule has 5 heteroatoms. The van der Waals surface area contributed by atoms with Gasteiger partial charge in [0.15, 0.2) is 0 Å². The minimum Gasteiger partial charge on any atom is -0.309 e. The van der Waals surface area contributed by atoms with E-state index in [0.29, 0.717) is 0 Å². The molecule has 0 amide bonds. The quantitative estimate of drug-likeness (QED) is 0.177. The second-order valence-corrected chi connectivity index (χ2v) is 18.7. The molecular weight excluding hydrogens is 833 g/mol. The molecule has 0 bridgehead atoms. The number of thiophene rings is 1. The highest BCUT2D eigenvalue weighted by Gasteiger charge is 2.23. The number of nitrogens with zero attached hydrogens (tertiary/aromatic N) is 4. The van der Waals surface area contributed by atoms with Crippen molar-refractivity contribution in [1.29, 1.82) is 0 Å². The van der Waals surface area contributed by atoms with Crippen LogP contribution in [-0.2, 0) is 0 Å². The first-order valence-corrected chi connectivity index (χ1v) is 23.6. The number of benzene rings is 11. The number of fused-ring (bicyclic) bond motifs is 14. The molecule has 11 aromatic carbocycles. The maximum atomic E-state index is 5.50. The average molecular weight is 869 g/mol. The molecule has 310 valence electrons. The van der Waals surface area contributed by atoms with Crippen LogP contribution < -0.4 is 0 Å². The molecule has 0 saturated carbocycles. The fourth-order valence-corrected chi connectivity index (χ4v) is 12.3. The fourth-order valence-electron chi connectivity index (χ4n) is 11.1. The summed E-state index contributed by atoms with van der Waals surface area (Å²) in [5.74, 6) is 0. The molecule has 0 aliphatic rings. The van der Waals surface area contributed by atoms with Crippen LogP contribution in [0.5, 0.6) is 0 Å². The summed E-state index contributed by atoms with van der Waals surface area (Å²) < 4.78 is 7.44. The zero-order valence-corrected chi connectivity index (χ0v) is 36.8. The number of rotatable bonds is 4. The van der Waals surface area contributed by atoms with E-state index in [1.807, 2.05) is 17.4 Å². The van der Waals surface area contributed by atoms with Crippen LogP contribution in [0.25, 0.3) is 141 Å². The van der Waals surface area contributed by atoms with Crippen LogP contribution in [0.2, 0.25) is 0 Å². The Morgan fingerprint density at radius 1 is 0.328 bits per heavy atom. The third-order valence-corrected chi connectivity index (χ3v) is 15.3. The van der Waals surface area contributed by atoms with E-state index in [2.05, 4.69) is 221 Å². The zero-order chi connectivity index (χ0) is 43.7. The Bertz CT molecular complexity index is 4590. The highest BCUT2D eigenvalue weighted by Crippen LogP contribution is 2.45. The van der Waals surface area contributed by atoms with Gasteiger partial charge in [-0.05, 0) is 87.6 Å². The summed E-state index contributed by atoms with van der Waals surface area (Å²) in [4.78, 5) is 11.0. The summed E-state index contributed by atoms with van der Waals surface area (Å²) in [7, 11) is 0. The minimum atomic E-state index is 0.873. The molecule has 0 aliphatic heterocycles. The molecule has 0 unspecified atom stereocenters. The molecule has 4 nitrogen and oxygen atoms in total. The van der Waals surface area contributed by atoms with Gasteiger partial charge in [0.2, 0.25) is 0 Å². The van der Waals surface area contributed by atoms with Gasteiger partial charge in [-0.25, -0.2) is 9.97 Å². The van der Waals surface area contributed by atoms with Gasteiger partial charge in [-0.2, -0.15) is 0 Å². The highest BCUT2D eigenvalue weighted by atomic mass is 32.1. The number of para-hydroxylation sites is 3. The molecular formula is C62H36N4S. The first-order chi connectivity index (χ1) is 33.2. The van der Waals surface area contributed by atoms with Gasteiger partial charge < -0.3 is 9.13 Å². The van der Waals surface area contributed by atoms with E-state index >= 15 is 0 Å². The maximum absolute atomic E-state index is 5.50. The molecule has 0 N–H and O–H groups in total. The summed E-state index contributed by atoms with van der Waals surface area (Å²) in [6, 6.07) is 79.7. The Hall–Kier alpha value is -8.64. The molecule has 0 spiro atoms. The SMILES string of the molecule is c1ccc2cc3c(cc2c1)c1ccc(-n2c4ccccc4c4c5ccccc5ccc42)cc1n3-c1cccc2c(-c3nc4ccccc4nc3-c3cccc4c3sc3ccccc34)cccc12. The minimum absolute atomic E-state index is 0.873. The summed E-state index contributed by atoms with van der Waals surface area (Å²) in [6.07, 6.45) is 0. The van der Waals surface area contributed by atoms with Crippen molar-refractivity contribution in [1.82, 2.24) is 19.1 Å². The smallest absolute Gasteiger partial charge is 0.0987 e. The van der Waals surface area contributed by atoms with E-state index in [1.54, 1.807) is 0 Å². The lowest BCUT2D eigenvalue weighted by molar-refractivity contribution is 1.16. The van der Waals surface area contributed by atoms with Gasteiger partial charge >= 0.3 is 0 Å². The van der Waals surface area contributed by atoms with Crippen LogP contribution in [0, 0.1) is 0 Å². The molecule has 15 aromatic rings. The normalized spacial score (nSPS) is 12.2. The van der Waals surface area contributed by atoms with Crippen molar-refractivity contribution in [3.05, 3.63) is 218 Å². The molecule has 0 atom stereocenters. The van der Waals surface area contributed by atoms with E-state index in [4.69, 9.17) is 9.97 Å². The lowest BCUT2D eigenvalue weighted by Crippen LogP contribution is -1.99. The second kappa shape index (κ2) is 13.9. The van der Waals surface area contributed by atoms with E-state index < -0.39 is 0 Å². The van der Waals surface area contributed by atoms with Crippen LogP contribution >= 0.6 is 11.3 Å². The van der Waals surface area contributed by atoms with Gasteiger partial charge in [0, 0.05) is 63.9 Å². The largest absolute Gasteiger partial charge is 0.309 e. The Morgan fingerprint density at radius 2 is 0.955 bits per heavy atom. The summed E-state index contributed by atoms with van der Waals surface area (Å²) in [6.45, 7) is 0. The van der Waals surface area contributed by atoms with Gasteiger partial charge in [0.1, 0.15) is 0 Å². The second-order valence-electron chi connectivity index (χ2n) is 17.7.